The predicted molar refractivity (Wildman–Crippen MR) is 85.5 cm³/mol. The van der Waals surface area contributed by atoms with E-state index >= 15 is 0 Å². The van der Waals surface area contributed by atoms with Gasteiger partial charge in [0.05, 0.1) is 27.9 Å². The van der Waals surface area contributed by atoms with Crippen molar-refractivity contribution in [3.05, 3.63) is 16.4 Å². The fourth-order valence-corrected chi connectivity index (χ4v) is 5.44. The van der Waals surface area contributed by atoms with Crippen LogP contribution in [0.5, 0.6) is 0 Å². The van der Waals surface area contributed by atoms with Crippen LogP contribution in [0.15, 0.2) is 0 Å². The standard InChI is InChI=1S/C14H24ClN3O2S/c1-4-12-14(15)13(18(3)17-12)7-11(8-16-2)10-5-6-21(19,20)9-10/h10-11,16H,4-9H2,1-3H3. The lowest BCUT2D eigenvalue weighted by atomic mass is 9.87. The van der Waals surface area contributed by atoms with Crippen molar-refractivity contribution >= 4 is 21.4 Å². The second-order valence-corrected chi connectivity index (χ2v) is 8.48. The smallest absolute Gasteiger partial charge is 0.150 e. The Labute approximate surface area is 132 Å². The van der Waals surface area contributed by atoms with Gasteiger partial charge in [-0.15, -0.1) is 0 Å². The highest BCUT2D eigenvalue weighted by molar-refractivity contribution is 7.91. The normalized spacial score (nSPS) is 22.6. The topological polar surface area (TPSA) is 64.0 Å². The summed E-state index contributed by atoms with van der Waals surface area (Å²) in [5, 5.41) is 8.37. The van der Waals surface area contributed by atoms with Gasteiger partial charge in [-0.1, -0.05) is 18.5 Å². The molecule has 2 atom stereocenters. The van der Waals surface area contributed by atoms with Crippen molar-refractivity contribution in [1.82, 2.24) is 15.1 Å². The van der Waals surface area contributed by atoms with Crippen LogP contribution in [0.3, 0.4) is 0 Å². The average molecular weight is 334 g/mol. The molecule has 0 spiro atoms. The summed E-state index contributed by atoms with van der Waals surface area (Å²) in [5.41, 5.74) is 1.93. The van der Waals surface area contributed by atoms with Crippen LogP contribution in [0.1, 0.15) is 24.7 Å². The number of sulfone groups is 1. The van der Waals surface area contributed by atoms with Gasteiger partial charge in [-0.25, -0.2) is 8.42 Å². The molecule has 2 heterocycles. The van der Waals surface area contributed by atoms with Crippen LogP contribution in [-0.4, -0.2) is 43.3 Å². The van der Waals surface area contributed by atoms with Crippen molar-refractivity contribution < 1.29 is 8.42 Å². The number of rotatable bonds is 6. The third kappa shape index (κ3) is 3.79. The van der Waals surface area contributed by atoms with Crippen molar-refractivity contribution in [2.24, 2.45) is 18.9 Å². The van der Waals surface area contributed by atoms with E-state index in [4.69, 9.17) is 11.6 Å². The molecule has 21 heavy (non-hydrogen) atoms. The van der Waals surface area contributed by atoms with Crippen LogP contribution < -0.4 is 5.32 Å². The van der Waals surface area contributed by atoms with Crippen molar-refractivity contribution in [3.8, 4) is 0 Å². The Morgan fingerprint density at radius 1 is 1.52 bits per heavy atom. The monoisotopic (exact) mass is 333 g/mol. The van der Waals surface area contributed by atoms with Gasteiger partial charge in [0.2, 0.25) is 0 Å². The molecule has 1 saturated heterocycles. The van der Waals surface area contributed by atoms with Gasteiger partial charge in [-0.05, 0) is 44.7 Å². The molecule has 1 fully saturated rings. The fourth-order valence-electron chi connectivity index (χ4n) is 3.15. The van der Waals surface area contributed by atoms with Crippen LogP contribution in [0.25, 0.3) is 0 Å². The van der Waals surface area contributed by atoms with E-state index in [1.165, 1.54) is 0 Å². The first-order chi connectivity index (χ1) is 9.88. The molecule has 1 aromatic heterocycles. The second-order valence-electron chi connectivity index (χ2n) is 5.87. The summed E-state index contributed by atoms with van der Waals surface area (Å²) >= 11 is 6.41. The molecule has 0 saturated carbocycles. The maximum atomic E-state index is 11.7. The average Bonchev–Trinajstić information content (AvgIpc) is 2.91. The van der Waals surface area contributed by atoms with Gasteiger partial charge in [-0.2, -0.15) is 5.10 Å². The lowest BCUT2D eigenvalue weighted by Crippen LogP contribution is -2.29. The molecule has 0 aromatic carbocycles. The zero-order chi connectivity index (χ0) is 15.6. The van der Waals surface area contributed by atoms with E-state index in [1.807, 2.05) is 25.7 Å². The number of nitrogens with one attached hydrogen (secondary N) is 1. The van der Waals surface area contributed by atoms with E-state index in [0.29, 0.717) is 11.5 Å². The molecule has 1 aromatic rings. The molecule has 0 aliphatic carbocycles. The molecule has 1 aliphatic rings. The van der Waals surface area contributed by atoms with Crippen LogP contribution in [0, 0.1) is 11.8 Å². The van der Waals surface area contributed by atoms with Crippen LogP contribution >= 0.6 is 11.6 Å². The fraction of sp³-hybridized carbons (Fsp3) is 0.786. The zero-order valence-electron chi connectivity index (χ0n) is 12.9. The van der Waals surface area contributed by atoms with Gasteiger partial charge in [0.1, 0.15) is 0 Å². The van der Waals surface area contributed by atoms with Crippen LogP contribution in [0.4, 0.5) is 0 Å². The van der Waals surface area contributed by atoms with Crippen molar-refractivity contribution in [3.63, 3.8) is 0 Å². The molecule has 120 valence electrons. The summed E-state index contributed by atoms with van der Waals surface area (Å²) in [4.78, 5) is 0. The molecule has 2 unspecified atom stereocenters. The minimum atomic E-state index is -2.85. The molecular weight excluding hydrogens is 310 g/mol. The zero-order valence-corrected chi connectivity index (χ0v) is 14.5. The van der Waals surface area contributed by atoms with Gasteiger partial charge in [-0.3, -0.25) is 4.68 Å². The summed E-state index contributed by atoms with van der Waals surface area (Å²) in [6, 6.07) is 0. The van der Waals surface area contributed by atoms with E-state index in [2.05, 4.69) is 10.4 Å². The number of halogens is 1. The van der Waals surface area contributed by atoms with Crippen LogP contribution in [0.2, 0.25) is 5.02 Å². The van der Waals surface area contributed by atoms with Gasteiger partial charge in [0, 0.05) is 7.05 Å². The molecule has 0 radical (unpaired) electrons. The Balaban J connectivity index is 2.19. The Kier molecular flexibility index (Phi) is 5.33. The summed E-state index contributed by atoms with van der Waals surface area (Å²) in [5.74, 6) is 1.09. The maximum absolute atomic E-state index is 11.7. The second kappa shape index (κ2) is 6.67. The van der Waals surface area contributed by atoms with E-state index in [1.54, 1.807) is 0 Å². The lowest BCUT2D eigenvalue weighted by molar-refractivity contribution is 0.345. The SMILES string of the molecule is CCc1nn(C)c(CC(CNC)C2CCS(=O)(=O)C2)c1Cl. The molecule has 7 heteroatoms. The van der Waals surface area contributed by atoms with E-state index in [-0.39, 0.29) is 11.8 Å². The number of hydrogen-bond acceptors (Lipinski definition) is 4. The predicted octanol–water partition coefficient (Wildman–Crippen LogP) is 1.45. The van der Waals surface area contributed by atoms with Crippen molar-refractivity contribution in [1.29, 1.82) is 0 Å². The van der Waals surface area contributed by atoms with Gasteiger partial charge in [0.25, 0.3) is 0 Å². The Hall–Kier alpha value is -0.590. The summed E-state index contributed by atoms with van der Waals surface area (Å²) in [6.07, 6.45) is 2.33. The molecule has 0 amide bonds. The number of hydrogen-bond donors (Lipinski definition) is 1. The van der Waals surface area contributed by atoms with Crippen LogP contribution in [-0.2, 0) is 29.7 Å². The Morgan fingerprint density at radius 3 is 2.71 bits per heavy atom. The highest BCUT2D eigenvalue weighted by atomic mass is 35.5. The van der Waals surface area contributed by atoms with Gasteiger partial charge in [0.15, 0.2) is 9.84 Å². The highest BCUT2D eigenvalue weighted by Gasteiger charge is 2.34. The quantitative estimate of drug-likeness (QED) is 0.855. The van der Waals surface area contributed by atoms with Gasteiger partial charge < -0.3 is 5.32 Å². The number of aryl methyl sites for hydroxylation is 2. The summed E-state index contributed by atoms with van der Waals surface area (Å²) in [6.45, 7) is 2.83. The molecule has 0 bridgehead atoms. The first-order valence-corrected chi connectivity index (χ1v) is 9.63. The molecule has 5 nitrogen and oxygen atoms in total. The van der Waals surface area contributed by atoms with Crippen molar-refractivity contribution in [2.75, 3.05) is 25.1 Å². The van der Waals surface area contributed by atoms with E-state index in [9.17, 15) is 8.42 Å². The lowest BCUT2D eigenvalue weighted by Gasteiger charge is -2.22. The molecular formula is C14H24ClN3O2S. The first-order valence-electron chi connectivity index (χ1n) is 7.43. The Bertz CT molecular complexity index is 598. The summed E-state index contributed by atoms with van der Waals surface area (Å²) in [7, 11) is 0.953. The molecule has 1 aliphatic heterocycles. The van der Waals surface area contributed by atoms with E-state index in [0.717, 1.165) is 42.2 Å². The summed E-state index contributed by atoms with van der Waals surface area (Å²) < 4.78 is 25.3. The van der Waals surface area contributed by atoms with Gasteiger partial charge >= 0.3 is 0 Å². The third-order valence-corrected chi connectivity index (χ3v) is 6.59. The highest BCUT2D eigenvalue weighted by Crippen LogP contribution is 2.31. The Morgan fingerprint density at radius 2 is 2.24 bits per heavy atom. The number of nitrogens with zero attached hydrogens (tertiary/aromatic N) is 2. The maximum Gasteiger partial charge on any atom is 0.150 e. The first kappa shape index (κ1) is 16.8. The largest absolute Gasteiger partial charge is 0.319 e. The van der Waals surface area contributed by atoms with Crippen molar-refractivity contribution in [2.45, 2.75) is 26.2 Å². The van der Waals surface area contributed by atoms with E-state index < -0.39 is 9.84 Å². The minimum Gasteiger partial charge on any atom is -0.319 e. The number of aromatic nitrogens is 2. The molecule has 2 rings (SSSR count). The third-order valence-electron chi connectivity index (χ3n) is 4.36. The minimum absolute atomic E-state index is 0.207. The molecule has 1 N–H and O–H groups in total.